The van der Waals surface area contributed by atoms with Crippen LogP contribution in [-0.4, -0.2) is 59.4 Å². The lowest BCUT2D eigenvalue weighted by molar-refractivity contribution is -0.146. The first-order chi connectivity index (χ1) is 10.4. The summed E-state index contributed by atoms with van der Waals surface area (Å²) < 4.78 is 5.39. The first kappa shape index (κ1) is 14.7. The molecule has 1 aromatic carbocycles. The number of amides is 3. The lowest BCUT2D eigenvalue weighted by atomic mass is 10.0. The van der Waals surface area contributed by atoms with Gasteiger partial charge in [-0.1, -0.05) is 12.1 Å². The molecule has 0 radical (unpaired) electrons. The number of hydrogen-bond acceptors (Lipinski definition) is 4. The largest absolute Gasteiger partial charge is 0.377 e. The fourth-order valence-corrected chi connectivity index (χ4v) is 2.92. The van der Waals surface area contributed by atoms with E-state index in [1.165, 1.54) is 0 Å². The van der Waals surface area contributed by atoms with Gasteiger partial charge in [-0.2, -0.15) is 0 Å². The van der Waals surface area contributed by atoms with Crippen molar-refractivity contribution in [1.82, 2.24) is 9.80 Å². The second-order valence-corrected chi connectivity index (χ2v) is 6.15. The van der Waals surface area contributed by atoms with Crippen molar-refractivity contribution in [3.63, 3.8) is 0 Å². The first-order valence-corrected chi connectivity index (χ1v) is 7.25. The summed E-state index contributed by atoms with van der Waals surface area (Å²) in [6.07, 6.45) is 0. The molecular formula is C16H18N2O4. The van der Waals surface area contributed by atoms with E-state index in [0.717, 1.165) is 4.90 Å². The highest BCUT2D eigenvalue weighted by Gasteiger charge is 2.40. The minimum Gasteiger partial charge on any atom is -0.377 e. The van der Waals surface area contributed by atoms with Gasteiger partial charge in [0.1, 0.15) is 6.54 Å². The van der Waals surface area contributed by atoms with Crippen LogP contribution in [0.2, 0.25) is 0 Å². The van der Waals surface area contributed by atoms with Gasteiger partial charge in [0.05, 0.1) is 29.9 Å². The second kappa shape index (κ2) is 5.21. The van der Waals surface area contributed by atoms with Crippen molar-refractivity contribution in [3.8, 4) is 0 Å². The summed E-state index contributed by atoms with van der Waals surface area (Å²) in [5.74, 6) is -1.04. The van der Waals surface area contributed by atoms with E-state index in [4.69, 9.17) is 4.74 Å². The molecule has 0 N–H and O–H groups in total. The molecule has 1 aromatic rings. The number of imide groups is 1. The number of carbonyl (C=O) groups excluding carboxylic acids is 3. The van der Waals surface area contributed by atoms with Crippen molar-refractivity contribution in [3.05, 3.63) is 35.4 Å². The predicted octanol–water partition coefficient (Wildman–Crippen LogP) is 0.920. The molecule has 0 saturated carbocycles. The summed E-state index contributed by atoms with van der Waals surface area (Å²) in [6.45, 7) is 4.97. The van der Waals surface area contributed by atoms with Crippen molar-refractivity contribution in [2.24, 2.45) is 0 Å². The van der Waals surface area contributed by atoms with Crippen molar-refractivity contribution in [2.75, 3.05) is 26.3 Å². The SMILES string of the molecule is CC1(C)COCCN1C(=O)CN1C(=O)c2ccccc2C1=O. The average molecular weight is 302 g/mol. The molecule has 1 fully saturated rings. The van der Waals surface area contributed by atoms with Crippen LogP contribution in [0.3, 0.4) is 0 Å². The number of ether oxygens (including phenoxy) is 1. The van der Waals surface area contributed by atoms with Crippen molar-refractivity contribution >= 4 is 17.7 Å². The van der Waals surface area contributed by atoms with E-state index in [9.17, 15) is 14.4 Å². The standard InChI is InChI=1S/C16H18N2O4/c1-16(2)10-22-8-7-18(16)13(19)9-17-14(20)11-5-3-4-6-12(11)15(17)21/h3-6H,7-10H2,1-2H3. The zero-order valence-electron chi connectivity index (χ0n) is 12.7. The Balaban J connectivity index is 1.78. The van der Waals surface area contributed by atoms with Gasteiger partial charge in [-0.05, 0) is 26.0 Å². The van der Waals surface area contributed by atoms with E-state index in [1.807, 2.05) is 13.8 Å². The number of hydrogen-bond donors (Lipinski definition) is 0. The number of morpholine rings is 1. The van der Waals surface area contributed by atoms with Crippen LogP contribution in [0.25, 0.3) is 0 Å². The molecule has 2 heterocycles. The van der Waals surface area contributed by atoms with Gasteiger partial charge in [0.2, 0.25) is 5.91 Å². The van der Waals surface area contributed by atoms with Gasteiger partial charge in [-0.15, -0.1) is 0 Å². The molecular weight excluding hydrogens is 284 g/mol. The van der Waals surface area contributed by atoms with Crippen LogP contribution in [0.5, 0.6) is 0 Å². The third-order valence-electron chi connectivity index (χ3n) is 4.12. The molecule has 0 bridgehead atoms. The van der Waals surface area contributed by atoms with Gasteiger partial charge in [-0.25, -0.2) is 0 Å². The minimum absolute atomic E-state index is 0.226. The summed E-state index contributed by atoms with van der Waals surface area (Å²) in [5.41, 5.74) is 0.289. The van der Waals surface area contributed by atoms with E-state index in [1.54, 1.807) is 29.2 Å². The van der Waals surface area contributed by atoms with Crippen LogP contribution >= 0.6 is 0 Å². The molecule has 0 unspecified atom stereocenters. The number of fused-ring (bicyclic) bond motifs is 1. The molecule has 22 heavy (non-hydrogen) atoms. The number of rotatable bonds is 2. The zero-order valence-corrected chi connectivity index (χ0v) is 12.7. The summed E-state index contributed by atoms with van der Waals surface area (Å²) in [4.78, 5) is 39.8. The Bertz CT molecular complexity index is 618. The van der Waals surface area contributed by atoms with Gasteiger partial charge in [0.15, 0.2) is 0 Å². The summed E-state index contributed by atoms with van der Waals surface area (Å²) in [7, 11) is 0. The van der Waals surface area contributed by atoms with Crippen molar-refractivity contribution < 1.29 is 19.1 Å². The number of benzene rings is 1. The third-order valence-corrected chi connectivity index (χ3v) is 4.12. The highest BCUT2D eigenvalue weighted by atomic mass is 16.5. The number of nitrogens with zero attached hydrogens (tertiary/aromatic N) is 2. The predicted molar refractivity (Wildman–Crippen MR) is 78.4 cm³/mol. The monoisotopic (exact) mass is 302 g/mol. The van der Waals surface area contributed by atoms with Crippen LogP contribution in [0.1, 0.15) is 34.6 Å². The average Bonchev–Trinajstić information content (AvgIpc) is 2.72. The molecule has 0 spiro atoms. The maximum atomic E-state index is 12.5. The first-order valence-electron chi connectivity index (χ1n) is 7.25. The molecule has 6 nitrogen and oxygen atoms in total. The molecule has 2 aliphatic heterocycles. The highest BCUT2D eigenvalue weighted by Crippen LogP contribution is 2.24. The molecule has 6 heteroatoms. The molecule has 0 aliphatic carbocycles. The van der Waals surface area contributed by atoms with E-state index >= 15 is 0 Å². The normalized spacial score (nSPS) is 20.3. The lowest BCUT2D eigenvalue weighted by Gasteiger charge is -2.42. The summed E-state index contributed by atoms with van der Waals surface area (Å²) >= 11 is 0. The molecule has 0 aromatic heterocycles. The zero-order chi connectivity index (χ0) is 15.9. The quantitative estimate of drug-likeness (QED) is 0.762. The van der Waals surface area contributed by atoms with Gasteiger partial charge in [0.25, 0.3) is 11.8 Å². The Morgan fingerprint density at radius 1 is 1.18 bits per heavy atom. The molecule has 3 rings (SSSR count). The van der Waals surface area contributed by atoms with Gasteiger partial charge < -0.3 is 9.64 Å². The summed E-state index contributed by atoms with van der Waals surface area (Å²) in [5, 5.41) is 0. The van der Waals surface area contributed by atoms with Crippen molar-refractivity contribution in [1.29, 1.82) is 0 Å². The molecule has 3 amide bonds. The van der Waals surface area contributed by atoms with Crippen LogP contribution in [0.15, 0.2) is 24.3 Å². The van der Waals surface area contributed by atoms with E-state index in [0.29, 0.717) is 30.9 Å². The van der Waals surface area contributed by atoms with E-state index in [-0.39, 0.29) is 12.5 Å². The van der Waals surface area contributed by atoms with Crippen LogP contribution in [0.4, 0.5) is 0 Å². The Hall–Kier alpha value is -2.21. The smallest absolute Gasteiger partial charge is 0.262 e. The van der Waals surface area contributed by atoms with E-state index < -0.39 is 17.4 Å². The Morgan fingerprint density at radius 3 is 2.32 bits per heavy atom. The van der Waals surface area contributed by atoms with E-state index in [2.05, 4.69) is 0 Å². The van der Waals surface area contributed by atoms with Crippen LogP contribution in [-0.2, 0) is 9.53 Å². The number of carbonyl (C=O) groups is 3. The van der Waals surface area contributed by atoms with Gasteiger partial charge in [-0.3, -0.25) is 19.3 Å². The van der Waals surface area contributed by atoms with Crippen molar-refractivity contribution in [2.45, 2.75) is 19.4 Å². The Morgan fingerprint density at radius 2 is 1.77 bits per heavy atom. The second-order valence-electron chi connectivity index (χ2n) is 6.15. The topological polar surface area (TPSA) is 66.9 Å². The molecule has 0 atom stereocenters. The van der Waals surface area contributed by atoms with Crippen LogP contribution < -0.4 is 0 Å². The fraction of sp³-hybridized carbons (Fsp3) is 0.438. The third kappa shape index (κ3) is 2.29. The maximum Gasteiger partial charge on any atom is 0.262 e. The molecule has 2 aliphatic rings. The minimum atomic E-state index is -0.437. The van der Waals surface area contributed by atoms with Gasteiger partial charge >= 0.3 is 0 Å². The Labute approximate surface area is 128 Å². The maximum absolute atomic E-state index is 12.5. The summed E-state index contributed by atoms with van der Waals surface area (Å²) in [6, 6.07) is 6.64. The fourth-order valence-electron chi connectivity index (χ4n) is 2.92. The molecule has 116 valence electrons. The lowest BCUT2D eigenvalue weighted by Crippen LogP contribution is -2.58. The highest BCUT2D eigenvalue weighted by molar-refractivity contribution is 6.22. The molecule has 1 saturated heterocycles. The van der Waals surface area contributed by atoms with Crippen LogP contribution in [0, 0.1) is 0 Å². The van der Waals surface area contributed by atoms with Gasteiger partial charge in [0, 0.05) is 6.54 Å². The Kier molecular flexibility index (Phi) is 3.48.